The second-order valence-corrected chi connectivity index (χ2v) is 6.72. The van der Waals surface area contributed by atoms with Crippen LogP contribution in [0.4, 0.5) is 0 Å². The summed E-state index contributed by atoms with van der Waals surface area (Å²) in [6.07, 6.45) is 9.51. The normalized spacial score (nSPS) is 22.7. The maximum atomic E-state index is 6.06. The number of hydrogen-bond acceptors (Lipinski definition) is 5. The van der Waals surface area contributed by atoms with Gasteiger partial charge in [-0.25, -0.2) is 19.6 Å². The number of hydrogen-bond donors (Lipinski definition) is 0. The van der Waals surface area contributed by atoms with Crippen molar-refractivity contribution in [1.29, 1.82) is 0 Å². The number of rotatable bonds is 3. The zero-order valence-electron chi connectivity index (χ0n) is 11.2. The van der Waals surface area contributed by atoms with E-state index in [-0.39, 0.29) is 6.10 Å². The van der Waals surface area contributed by atoms with Gasteiger partial charge in [0.2, 0.25) is 5.88 Å². The lowest BCUT2D eigenvalue weighted by Crippen LogP contribution is -2.25. The maximum Gasteiger partial charge on any atom is 0.221 e. The Kier molecular flexibility index (Phi) is 4.13. The SMILES string of the molecule is Cc1c(OC2CCC(I)CC2)ncnc1-n1cncn1. The molecule has 2 heterocycles. The summed E-state index contributed by atoms with van der Waals surface area (Å²) in [4.78, 5) is 12.5. The summed E-state index contributed by atoms with van der Waals surface area (Å²) >= 11 is 2.52. The molecule has 0 aliphatic heterocycles. The summed E-state index contributed by atoms with van der Waals surface area (Å²) in [6.45, 7) is 1.95. The van der Waals surface area contributed by atoms with Crippen LogP contribution in [0.1, 0.15) is 31.2 Å². The van der Waals surface area contributed by atoms with Crippen molar-refractivity contribution in [2.75, 3.05) is 0 Å². The molecule has 7 heteroatoms. The van der Waals surface area contributed by atoms with Crippen molar-refractivity contribution in [2.45, 2.75) is 42.6 Å². The zero-order chi connectivity index (χ0) is 13.9. The predicted molar refractivity (Wildman–Crippen MR) is 82.4 cm³/mol. The van der Waals surface area contributed by atoms with Crippen molar-refractivity contribution >= 4 is 22.6 Å². The van der Waals surface area contributed by atoms with Crippen LogP contribution in [0.5, 0.6) is 5.88 Å². The molecule has 0 saturated heterocycles. The van der Waals surface area contributed by atoms with E-state index < -0.39 is 0 Å². The van der Waals surface area contributed by atoms with Crippen LogP contribution in [0.3, 0.4) is 0 Å². The number of alkyl halides is 1. The Morgan fingerprint density at radius 2 is 2.00 bits per heavy atom. The van der Waals surface area contributed by atoms with E-state index >= 15 is 0 Å². The molecule has 0 atom stereocenters. The third-order valence-electron chi connectivity index (χ3n) is 3.53. The molecule has 0 radical (unpaired) electrons. The van der Waals surface area contributed by atoms with Crippen LogP contribution in [-0.4, -0.2) is 34.8 Å². The first kappa shape index (κ1) is 13.7. The topological polar surface area (TPSA) is 65.7 Å². The quantitative estimate of drug-likeness (QED) is 0.600. The number of nitrogens with zero attached hydrogens (tertiary/aromatic N) is 5. The van der Waals surface area contributed by atoms with Gasteiger partial charge in [-0.1, -0.05) is 22.6 Å². The van der Waals surface area contributed by atoms with E-state index in [2.05, 4.69) is 42.6 Å². The Balaban J connectivity index is 1.79. The van der Waals surface area contributed by atoms with Crippen molar-refractivity contribution in [2.24, 2.45) is 0 Å². The monoisotopic (exact) mass is 385 g/mol. The Morgan fingerprint density at radius 3 is 2.70 bits per heavy atom. The Hall–Kier alpha value is -1.25. The minimum atomic E-state index is 0.262. The summed E-state index contributed by atoms with van der Waals surface area (Å²) in [5, 5.41) is 4.10. The van der Waals surface area contributed by atoms with E-state index in [9.17, 15) is 0 Å². The summed E-state index contributed by atoms with van der Waals surface area (Å²) in [5.41, 5.74) is 0.898. The van der Waals surface area contributed by atoms with Gasteiger partial charge in [-0.2, -0.15) is 5.10 Å². The van der Waals surface area contributed by atoms with Gasteiger partial charge < -0.3 is 4.74 Å². The number of aromatic nitrogens is 5. The lowest BCUT2D eigenvalue weighted by molar-refractivity contribution is 0.151. The fourth-order valence-electron chi connectivity index (χ4n) is 2.39. The first-order valence-electron chi connectivity index (χ1n) is 6.71. The van der Waals surface area contributed by atoms with Crippen molar-refractivity contribution in [3.63, 3.8) is 0 Å². The minimum Gasteiger partial charge on any atom is -0.474 e. The van der Waals surface area contributed by atoms with Crippen LogP contribution in [0.25, 0.3) is 5.82 Å². The summed E-state index contributed by atoms with van der Waals surface area (Å²) in [6, 6.07) is 0. The fraction of sp³-hybridized carbons (Fsp3) is 0.538. The molecule has 2 aromatic heterocycles. The molecule has 20 heavy (non-hydrogen) atoms. The van der Waals surface area contributed by atoms with Crippen LogP contribution in [0, 0.1) is 6.92 Å². The van der Waals surface area contributed by atoms with Crippen molar-refractivity contribution in [1.82, 2.24) is 24.7 Å². The van der Waals surface area contributed by atoms with E-state index in [0.29, 0.717) is 5.88 Å². The van der Waals surface area contributed by atoms with Gasteiger partial charge in [0.1, 0.15) is 25.1 Å². The second kappa shape index (κ2) is 6.02. The molecular formula is C13H16IN5O. The fourth-order valence-corrected chi connectivity index (χ4v) is 3.11. The van der Waals surface area contributed by atoms with E-state index in [1.165, 1.54) is 25.5 Å². The first-order chi connectivity index (χ1) is 9.74. The highest BCUT2D eigenvalue weighted by Crippen LogP contribution is 2.29. The molecule has 1 saturated carbocycles. The van der Waals surface area contributed by atoms with Gasteiger partial charge in [0.15, 0.2) is 5.82 Å². The minimum absolute atomic E-state index is 0.262. The molecule has 106 valence electrons. The molecule has 1 aliphatic carbocycles. The van der Waals surface area contributed by atoms with Crippen LogP contribution in [-0.2, 0) is 0 Å². The van der Waals surface area contributed by atoms with Gasteiger partial charge in [0.25, 0.3) is 0 Å². The van der Waals surface area contributed by atoms with Crippen molar-refractivity contribution < 1.29 is 4.74 Å². The van der Waals surface area contributed by atoms with Crippen LogP contribution in [0.15, 0.2) is 19.0 Å². The van der Waals surface area contributed by atoms with Crippen LogP contribution < -0.4 is 4.74 Å². The van der Waals surface area contributed by atoms with Crippen molar-refractivity contribution in [3.8, 4) is 11.7 Å². The van der Waals surface area contributed by atoms with Crippen LogP contribution >= 0.6 is 22.6 Å². The summed E-state index contributed by atoms with van der Waals surface area (Å²) in [7, 11) is 0. The molecule has 0 bridgehead atoms. The largest absolute Gasteiger partial charge is 0.474 e. The van der Waals surface area contributed by atoms with Crippen LogP contribution in [0.2, 0.25) is 0 Å². The highest BCUT2D eigenvalue weighted by atomic mass is 127. The van der Waals surface area contributed by atoms with Gasteiger partial charge in [-0.05, 0) is 32.6 Å². The molecule has 1 fully saturated rings. The Morgan fingerprint density at radius 1 is 1.20 bits per heavy atom. The third kappa shape index (κ3) is 2.92. The Labute approximate surface area is 131 Å². The second-order valence-electron chi connectivity index (χ2n) is 4.96. The molecule has 0 unspecified atom stereocenters. The molecule has 2 aromatic rings. The lowest BCUT2D eigenvalue weighted by atomic mass is 9.98. The van der Waals surface area contributed by atoms with Crippen molar-refractivity contribution in [3.05, 3.63) is 24.5 Å². The Bertz CT molecular complexity index is 566. The molecule has 0 N–H and O–H groups in total. The molecule has 1 aliphatic rings. The molecule has 0 amide bonds. The molecule has 0 aromatic carbocycles. The molecule has 6 nitrogen and oxygen atoms in total. The zero-order valence-corrected chi connectivity index (χ0v) is 13.4. The maximum absolute atomic E-state index is 6.06. The summed E-state index contributed by atoms with van der Waals surface area (Å²) < 4.78 is 8.47. The highest BCUT2D eigenvalue weighted by Gasteiger charge is 2.22. The van der Waals surface area contributed by atoms with E-state index in [4.69, 9.17) is 4.74 Å². The lowest BCUT2D eigenvalue weighted by Gasteiger charge is -2.26. The van der Waals surface area contributed by atoms with Gasteiger partial charge in [0.05, 0.1) is 5.56 Å². The molecular weight excluding hydrogens is 369 g/mol. The molecule has 0 spiro atoms. The van der Waals surface area contributed by atoms with E-state index in [0.717, 1.165) is 28.1 Å². The number of ether oxygens (including phenoxy) is 1. The number of halogens is 1. The van der Waals surface area contributed by atoms with Gasteiger partial charge in [0, 0.05) is 3.92 Å². The average Bonchev–Trinajstić information content (AvgIpc) is 2.97. The van der Waals surface area contributed by atoms with Gasteiger partial charge >= 0.3 is 0 Å². The highest BCUT2D eigenvalue weighted by molar-refractivity contribution is 14.1. The van der Waals surface area contributed by atoms with E-state index in [1.54, 1.807) is 11.0 Å². The van der Waals surface area contributed by atoms with Gasteiger partial charge in [-0.3, -0.25) is 0 Å². The van der Waals surface area contributed by atoms with E-state index in [1.807, 2.05) is 6.92 Å². The summed E-state index contributed by atoms with van der Waals surface area (Å²) in [5.74, 6) is 1.37. The first-order valence-corrected chi connectivity index (χ1v) is 7.96. The third-order valence-corrected chi connectivity index (χ3v) is 4.77. The average molecular weight is 385 g/mol. The standard InChI is InChI=1S/C13H16IN5O/c1-9-12(19-8-15-6-18-19)16-7-17-13(9)20-11-4-2-10(14)3-5-11/h6-8,10-11H,2-5H2,1H3. The smallest absolute Gasteiger partial charge is 0.221 e. The molecule has 3 rings (SSSR count). The predicted octanol–water partition coefficient (Wildman–Crippen LogP) is 2.49. The van der Waals surface area contributed by atoms with Gasteiger partial charge in [-0.15, -0.1) is 0 Å².